The van der Waals surface area contributed by atoms with Crippen LogP contribution >= 0.6 is 15.9 Å². The van der Waals surface area contributed by atoms with E-state index in [2.05, 4.69) is 42.0 Å². The molecular formula is C21H22BrFN6O4S. The first-order valence-corrected chi connectivity index (χ1v) is 12.6. The molecule has 1 aliphatic rings. The minimum Gasteiger partial charge on any atom is -0.409 e. The second kappa shape index (κ2) is 10.1. The van der Waals surface area contributed by atoms with Gasteiger partial charge < -0.3 is 15.8 Å². The summed E-state index contributed by atoms with van der Waals surface area (Å²) in [5, 5.41) is 26.2. The molecule has 180 valence electrons. The van der Waals surface area contributed by atoms with Gasteiger partial charge in [-0.3, -0.25) is 0 Å². The summed E-state index contributed by atoms with van der Waals surface area (Å²) in [5.74, 6) is -0.243. The molecule has 1 aromatic heterocycles. The second-order valence-electron chi connectivity index (χ2n) is 7.88. The molecule has 0 aliphatic carbocycles. The standard InChI is InChI=1S/C21H22BrFN6O4S/c1-13-2-5-16(6-3-13)34(31,32)29-9-8-14(12-29)11-24-20-19(27-33-28-20)21(26-30)25-15-4-7-18(23)17(22)10-15/h2-7,10,14,30H,8-9,11-12H2,1H3,(H,24,28)(H,25,26). The van der Waals surface area contributed by atoms with E-state index >= 15 is 0 Å². The van der Waals surface area contributed by atoms with E-state index in [-0.39, 0.29) is 32.6 Å². The highest BCUT2D eigenvalue weighted by Crippen LogP contribution is 2.26. The third-order valence-corrected chi connectivity index (χ3v) is 7.95. The number of aryl methyl sites for hydroxylation is 1. The number of hydrogen-bond donors (Lipinski definition) is 3. The first-order valence-electron chi connectivity index (χ1n) is 10.4. The van der Waals surface area contributed by atoms with Crippen molar-refractivity contribution in [3.63, 3.8) is 0 Å². The fraction of sp³-hybridized carbons (Fsp3) is 0.286. The molecule has 1 fully saturated rings. The number of benzene rings is 2. The maximum Gasteiger partial charge on any atom is 0.243 e. The zero-order valence-electron chi connectivity index (χ0n) is 18.1. The summed E-state index contributed by atoms with van der Waals surface area (Å²) in [6.45, 7) is 3.08. The van der Waals surface area contributed by atoms with Crippen molar-refractivity contribution in [1.29, 1.82) is 0 Å². The summed E-state index contributed by atoms with van der Waals surface area (Å²) < 4.78 is 45.8. The molecule has 10 nitrogen and oxygen atoms in total. The Balaban J connectivity index is 1.39. The van der Waals surface area contributed by atoms with Gasteiger partial charge in [-0.15, -0.1) is 0 Å². The van der Waals surface area contributed by atoms with Crippen molar-refractivity contribution < 1.29 is 22.6 Å². The molecule has 1 saturated heterocycles. The van der Waals surface area contributed by atoms with E-state index in [4.69, 9.17) is 4.63 Å². The van der Waals surface area contributed by atoms with Crippen LogP contribution in [0.3, 0.4) is 0 Å². The molecule has 0 spiro atoms. The summed E-state index contributed by atoms with van der Waals surface area (Å²) in [6.07, 6.45) is 0.668. The van der Waals surface area contributed by atoms with Crippen LogP contribution in [0, 0.1) is 18.7 Å². The van der Waals surface area contributed by atoms with Crippen LogP contribution in [0.5, 0.6) is 0 Å². The highest BCUT2D eigenvalue weighted by atomic mass is 79.9. The second-order valence-corrected chi connectivity index (χ2v) is 10.7. The van der Waals surface area contributed by atoms with Crippen molar-refractivity contribution in [3.05, 3.63) is 64.0 Å². The van der Waals surface area contributed by atoms with Gasteiger partial charge >= 0.3 is 0 Å². The molecule has 3 aromatic rings. The lowest BCUT2D eigenvalue weighted by atomic mass is 10.1. The van der Waals surface area contributed by atoms with E-state index < -0.39 is 15.8 Å². The Morgan fingerprint density at radius 1 is 1.29 bits per heavy atom. The molecule has 1 aliphatic heterocycles. The molecule has 2 heterocycles. The Morgan fingerprint density at radius 2 is 2.06 bits per heavy atom. The van der Waals surface area contributed by atoms with Gasteiger partial charge in [-0.2, -0.15) is 4.31 Å². The highest BCUT2D eigenvalue weighted by Gasteiger charge is 2.32. The molecule has 0 bridgehead atoms. The summed E-state index contributed by atoms with van der Waals surface area (Å²) in [5.41, 5.74) is 1.56. The highest BCUT2D eigenvalue weighted by molar-refractivity contribution is 9.10. The number of aromatic nitrogens is 2. The van der Waals surface area contributed by atoms with Gasteiger partial charge in [0, 0.05) is 25.3 Å². The van der Waals surface area contributed by atoms with Crippen molar-refractivity contribution in [2.75, 3.05) is 30.3 Å². The number of nitrogens with one attached hydrogen (secondary N) is 2. The number of sulfonamides is 1. The fourth-order valence-electron chi connectivity index (χ4n) is 3.58. The Bertz CT molecular complexity index is 1300. The molecule has 13 heteroatoms. The Labute approximate surface area is 204 Å². The van der Waals surface area contributed by atoms with Gasteiger partial charge in [0.15, 0.2) is 5.69 Å². The van der Waals surface area contributed by atoms with E-state index in [9.17, 15) is 18.0 Å². The van der Waals surface area contributed by atoms with Crippen LogP contribution in [0.1, 0.15) is 17.7 Å². The largest absolute Gasteiger partial charge is 0.409 e. The van der Waals surface area contributed by atoms with E-state index in [1.165, 1.54) is 22.5 Å². The maximum atomic E-state index is 13.5. The van der Waals surface area contributed by atoms with Crippen LogP contribution < -0.4 is 10.6 Å². The first kappa shape index (κ1) is 24.1. The predicted octanol–water partition coefficient (Wildman–Crippen LogP) is 3.65. The van der Waals surface area contributed by atoms with E-state index in [1.807, 2.05) is 6.92 Å². The van der Waals surface area contributed by atoms with Crippen LogP contribution in [-0.2, 0) is 10.0 Å². The summed E-state index contributed by atoms with van der Waals surface area (Å²) in [4.78, 5) is 0.275. The molecule has 0 saturated carbocycles. The molecule has 0 radical (unpaired) electrons. The van der Waals surface area contributed by atoms with Crippen molar-refractivity contribution >= 4 is 43.3 Å². The molecule has 1 unspecified atom stereocenters. The van der Waals surface area contributed by atoms with Crippen LogP contribution in [0.15, 0.2) is 61.6 Å². The Kier molecular flexibility index (Phi) is 7.14. The number of amidine groups is 1. The Morgan fingerprint density at radius 3 is 2.76 bits per heavy atom. The zero-order chi connectivity index (χ0) is 24.3. The van der Waals surface area contributed by atoms with Crippen molar-refractivity contribution in [1.82, 2.24) is 14.6 Å². The lowest BCUT2D eigenvalue weighted by Crippen LogP contribution is -2.30. The van der Waals surface area contributed by atoms with Crippen molar-refractivity contribution in [2.45, 2.75) is 18.2 Å². The van der Waals surface area contributed by atoms with Crippen LogP contribution in [0.4, 0.5) is 15.9 Å². The average molecular weight is 553 g/mol. The SMILES string of the molecule is Cc1ccc(S(=O)(=O)N2CCC(CNc3nonc3/C(=N/O)Nc3ccc(F)c(Br)c3)C2)cc1. The van der Waals surface area contributed by atoms with Crippen molar-refractivity contribution in [3.8, 4) is 0 Å². The fourth-order valence-corrected chi connectivity index (χ4v) is 5.49. The normalized spacial score (nSPS) is 17.1. The van der Waals surface area contributed by atoms with Gasteiger partial charge in [-0.25, -0.2) is 17.4 Å². The van der Waals surface area contributed by atoms with Crippen LogP contribution in [0.25, 0.3) is 0 Å². The monoisotopic (exact) mass is 552 g/mol. The lowest BCUT2D eigenvalue weighted by molar-refractivity contribution is 0.305. The maximum absolute atomic E-state index is 13.5. The predicted molar refractivity (Wildman–Crippen MR) is 127 cm³/mol. The number of halogens is 2. The minimum atomic E-state index is -3.56. The zero-order valence-corrected chi connectivity index (χ0v) is 20.5. The van der Waals surface area contributed by atoms with Gasteiger partial charge in [0.05, 0.1) is 9.37 Å². The first-order chi connectivity index (χ1) is 16.3. The van der Waals surface area contributed by atoms with Crippen LogP contribution in [0.2, 0.25) is 0 Å². The molecular weight excluding hydrogens is 531 g/mol. The number of oxime groups is 1. The van der Waals surface area contributed by atoms with Gasteiger partial charge in [0.2, 0.25) is 21.7 Å². The quantitative estimate of drug-likeness (QED) is 0.175. The summed E-state index contributed by atoms with van der Waals surface area (Å²) >= 11 is 3.10. The molecule has 0 amide bonds. The smallest absolute Gasteiger partial charge is 0.243 e. The molecule has 1 atom stereocenters. The molecule has 2 aromatic carbocycles. The van der Waals surface area contributed by atoms with Gasteiger partial charge in [-0.05, 0) is 75.8 Å². The van der Waals surface area contributed by atoms with E-state index in [1.54, 1.807) is 24.3 Å². The Hall–Kier alpha value is -3.03. The molecule has 4 rings (SSSR count). The number of hydrogen-bond acceptors (Lipinski definition) is 8. The third-order valence-electron chi connectivity index (χ3n) is 5.46. The molecule has 3 N–H and O–H groups in total. The van der Waals surface area contributed by atoms with E-state index in [0.717, 1.165) is 5.56 Å². The summed E-state index contributed by atoms with van der Waals surface area (Å²) in [7, 11) is -3.56. The van der Waals surface area contributed by atoms with Gasteiger partial charge in [-0.1, -0.05) is 22.9 Å². The van der Waals surface area contributed by atoms with Gasteiger partial charge in [0.25, 0.3) is 0 Å². The van der Waals surface area contributed by atoms with Crippen LogP contribution in [-0.4, -0.2) is 53.7 Å². The number of rotatable bonds is 7. The average Bonchev–Trinajstić information content (AvgIpc) is 3.48. The van der Waals surface area contributed by atoms with E-state index in [0.29, 0.717) is 31.7 Å². The van der Waals surface area contributed by atoms with Gasteiger partial charge in [0.1, 0.15) is 5.82 Å². The molecule has 34 heavy (non-hydrogen) atoms. The lowest BCUT2D eigenvalue weighted by Gasteiger charge is -2.17. The summed E-state index contributed by atoms with van der Waals surface area (Å²) in [6, 6.07) is 11.0. The third kappa shape index (κ3) is 5.21. The number of nitrogens with zero attached hydrogens (tertiary/aromatic N) is 4. The number of anilines is 2. The topological polar surface area (TPSA) is 133 Å². The van der Waals surface area contributed by atoms with Crippen molar-refractivity contribution in [2.24, 2.45) is 11.1 Å². The minimum absolute atomic E-state index is 0.0281.